The zero-order valence-electron chi connectivity index (χ0n) is 13.9. The number of carbonyl (C=O) groups excluding carboxylic acids is 1. The molecule has 0 amide bonds. The topological polar surface area (TPSA) is 76.4 Å². The molecule has 7 heteroatoms. The molecule has 0 bridgehead atoms. The Bertz CT molecular complexity index is 809. The average molecular weight is 355 g/mol. The average Bonchev–Trinajstić information content (AvgIpc) is 3.02. The summed E-state index contributed by atoms with van der Waals surface area (Å²) in [6, 6.07) is 3.71. The van der Waals surface area contributed by atoms with Crippen LogP contribution >= 0.6 is 11.3 Å². The van der Waals surface area contributed by atoms with Gasteiger partial charge in [-0.25, -0.2) is 13.1 Å². The molecular formula is C16H21NO4S2. The van der Waals surface area contributed by atoms with Crippen molar-refractivity contribution in [3.63, 3.8) is 0 Å². The molecule has 0 saturated carbocycles. The van der Waals surface area contributed by atoms with Crippen LogP contribution in [0.3, 0.4) is 0 Å². The van der Waals surface area contributed by atoms with E-state index < -0.39 is 15.4 Å². The second-order valence-electron chi connectivity index (χ2n) is 6.40. The molecule has 0 atom stereocenters. The Morgan fingerprint density at radius 3 is 2.43 bits per heavy atom. The highest BCUT2D eigenvalue weighted by Crippen LogP contribution is 2.32. The summed E-state index contributed by atoms with van der Waals surface area (Å²) in [5.74, 6) is 0.316. The van der Waals surface area contributed by atoms with Gasteiger partial charge in [0.1, 0.15) is 16.4 Å². The predicted octanol–water partition coefficient (Wildman–Crippen LogP) is 3.67. The summed E-state index contributed by atoms with van der Waals surface area (Å²) in [6.07, 6.45) is 0. The van der Waals surface area contributed by atoms with E-state index in [-0.39, 0.29) is 28.5 Å². The minimum Gasteiger partial charge on any atom is -0.464 e. The van der Waals surface area contributed by atoms with Crippen LogP contribution in [0.15, 0.2) is 26.8 Å². The number of Topliss-reactive ketones (excluding diaryl/α,β-unsaturated/α-hetero) is 1. The van der Waals surface area contributed by atoms with Crippen LogP contribution in [0.2, 0.25) is 0 Å². The number of aryl methyl sites for hydroxylation is 2. The highest BCUT2D eigenvalue weighted by atomic mass is 32.2. The lowest BCUT2D eigenvalue weighted by molar-refractivity contribution is 0.0853. The van der Waals surface area contributed by atoms with E-state index in [1.165, 1.54) is 11.3 Å². The zero-order valence-corrected chi connectivity index (χ0v) is 15.5. The third-order valence-electron chi connectivity index (χ3n) is 3.40. The third-order valence-corrected chi connectivity index (χ3v) is 5.83. The van der Waals surface area contributed by atoms with Crippen LogP contribution < -0.4 is 4.72 Å². The molecule has 2 heterocycles. The summed E-state index contributed by atoms with van der Waals surface area (Å²) >= 11 is 1.47. The molecule has 126 valence electrons. The summed E-state index contributed by atoms with van der Waals surface area (Å²) in [4.78, 5) is 13.5. The number of hydrogen-bond donors (Lipinski definition) is 1. The number of thiophene rings is 1. The van der Waals surface area contributed by atoms with Gasteiger partial charge in [0, 0.05) is 16.8 Å². The minimum atomic E-state index is -3.84. The van der Waals surface area contributed by atoms with Gasteiger partial charge in [-0.3, -0.25) is 4.79 Å². The molecule has 2 rings (SSSR count). The largest absolute Gasteiger partial charge is 0.464 e. The van der Waals surface area contributed by atoms with Crippen molar-refractivity contribution >= 4 is 27.1 Å². The standard InChI is InChI=1S/C16H21NO4S2/c1-10-13(15(18)16(3,4)5)14(11(2)21-10)23(19,20)17-9-12-7-6-8-22-12/h6-8,17H,9H2,1-5H3. The maximum absolute atomic E-state index is 12.7. The summed E-state index contributed by atoms with van der Waals surface area (Å²) in [5.41, 5.74) is -0.548. The predicted molar refractivity (Wildman–Crippen MR) is 90.3 cm³/mol. The van der Waals surface area contributed by atoms with E-state index in [1.54, 1.807) is 34.6 Å². The van der Waals surface area contributed by atoms with Crippen LogP contribution in [0.1, 0.15) is 47.5 Å². The van der Waals surface area contributed by atoms with E-state index in [2.05, 4.69) is 4.72 Å². The summed E-state index contributed by atoms with van der Waals surface area (Å²) < 4.78 is 33.4. The molecule has 1 N–H and O–H groups in total. The van der Waals surface area contributed by atoms with Crippen molar-refractivity contribution in [3.8, 4) is 0 Å². The normalized spacial score (nSPS) is 12.6. The molecule has 0 aliphatic carbocycles. The van der Waals surface area contributed by atoms with Gasteiger partial charge in [-0.1, -0.05) is 26.8 Å². The molecule has 2 aromatic heterocycles. The van der Waals surface area contributed by atoms with Crippen LogP contribution in [-0.2, 0) is 16.6 Å². The van der Waals surface area contributed by atoms with Crippen LogP contribution in [-0.4, -0.2) is 14.2 Å². The number of sulfonamides is 1. The Labute approximate surface area is 140 Å². The summed E-state index contributed by atoms with van der Waals surface area (Å²) in [7, 11) is -3.84. The maximum Gasteiger partial charge on any atom is 0.245 e. The van der Waals surface area contributed by atoms with Gasteiger partial charge in [-0.05, 0) is 25.3 Å². The molecule has 0 aliphatic rings. The van der Waals surface area contributed by atoms with Gasteiger partial charge in [0.15, 0.2) is 5.78 Å². The highest BCUT2D eigenvalue weighted by Gasteiger charge is 2.35. The lowest BCUT2D eigenvalue weighted by atomic mass is 9.86. The fourth-order valence-electron chi connectivity index (χ4n) is 2.28. The fraction of sp³-hybridized carbons (Fsp3) is 0.438. The first kappa shape index (κ1) is 17.9. The fourth-order valence-corrected chi connectivity index (χ4v) is 4.43. The second kappa shape index (κ2) is 6.22. The van der Waals surface area contributed by atoms with Crippen molar-refractivity contribution in [2.75, 3.05) is 0 Å². The number of hydrogen-bond acceptors (Lipinski definition) is 5. The van der Waals surface area contributed by atoms with E-state index >= 15 is 0 Å². The van der Waals surface area contributed by atoms with Gasteiger partial charge < -0.3 is 4.42 Å². The smallest absolute Gasteiger partial charge is 0.245 e. The maximum atomic E-state index is 12.7. The number of nitrogens with one attached hydrogen (secondary N) is 1. The zero-order chi connectivity index (χ0) is 17.4. The van der Waals surface area contributed by atoms with Crippen LogP contribution in [0.4, 0.5) is 0 Å². The number of rotatable bonds is 5. The van der Waals surface area contributed by atoms with Crippen molar-refractivity contribution in [3.05, 3.63) is 39.5 Å². The minimum absolute atomic E-state index is 0.0496. The monoisotopic (exact) mass is 355 g/mol. The van der Waals surface area contributed by atoms with Gasteiger partial charge in [0.25, 0.3) is 0 Å². The lowest BCUT2D eigenvalue weighted by Gasteiger charge is -2.17. The Morgan fingerprint density at radius 2 is 1.91 bits per heavy atom. The molecule has 23 heavy (non-hydrogen) atoms. The van der Waals surface area contributed by atoms with E-state index in [9.17, 15) is 13.2 Å². The summed E-state index contributed by atoms with van der Waals surface area (Å²) in [5, 5.41) is 1.88. The van der Waals surface area contributed by atoms with Gasteiger partial charge in [-0.15, -0.1) is 11.3 Å². The number of furan rings is 1. The number of carbonyl (C=O) groups is 1. The quantitative estimate of drug-likeness (QED) is 0.830. The molecular weight excluding hydrogens is 334 g/mol. The van der Waals surface area contributed by atoms with Crippen LogP contribution in [0.25, 0.3) is 0 Å². The molecule has 0 unspecified atom stereocenters. The SMILES string of the molecule is Cc1oc(C)c(S(=O)(=O)NCc2cccs2)c1C(=O)C(C)(C)C. The first-order valence-corrected chi connectivity index (χ1v) is 9.57. The second-order valence-corrected chi connectivity index (χ2v) is 9.14. The lowest BCUT2D eigenvalue weighted by Crippen LogP contribution is -2.28. The Morgan fingerprint density at radius 1 is 1.26 bits per heavy atom. The molecule has 0 aliphatic heterocycles. The van der Waals surface area contributed by atoms with Gasteiger partial charge >= 0.3 is 0 Å². The molecule has 0 fully saturated rings. The van der Waals surface area contributed by atoms with E-state index in [0.29, 0.717) is 5.76 Å². The Hall–Kier alpha value is -1.44. The van der Waals surface area contributed by atoms with E-state index in [0.717, 1.165) is 4.88 Å². The highest BCUT2D eigenvalue weighted by molar-refractivity contribution is 7.89. The van der Waals surface area contributed by atoms with E-state index in [4.69, 9.17) is 4.42 Å². The van der Waals surface area contributed by atoms with Crippen molar-refractivity contribution in [2.24, 2.45) is 5.41 Å². The van der Waals surface area contributed by atoms with Crippen LogP contribution in [0, 0.1) is 19.3 Å². The third kappa shape index (κ3) is 3.73. The first-order chi connectivity index (χ1) is 10.5. The molecule has 5 nitrogen and oxygen atoms in total. The first-order valence-electron chi connectivity index (χ1n) is 7.21. The van der Waals surface area contributed by atoms with Crippen molar-refractivity contribution in [1.29, 1.82) is 0 Å². The molecule has 0 aromatic carbocycles. The van der Waals surface area contributed by atoms with E-state index in [1.807, 2.05) is 17.5 Å². The van der Waals surface area contributed by atoms with Crippen molar-refractivity contribution in [1.82, 2.24) is 4.72 Å². The Kier molecular flexibility index (Phi) is 4.84. The molecule has 2 aromatic rings. The van der Waals surface area contributed by atoms with Crippen molar-refractivity contribution in [2.45, 2.75) is 46.1 Å². The van der Waals surface area contributed by atoms with Gasteiger partial charge in [0.05, 0.1) is 5.56 Å². The molecule has 0 radical (unpaired) electrons. The number of ketones is 1. The Balaban J connectivity index is 2.44. The van der Waals surface area contributed by atoms with Crippen LogP contribution in [0.5, 0.6) is 0 Å². The molecule has 0 saturated heterocycles. The summed E-state index contributed by atoms with van der Waals surface area (Å²) in [6.45, 7) is 8.63. The van der Waals surface area contributed by atoms with Gasteiger partial charge in [-0.2, -0.15) is 0 Å². The van der Waals surface area contributed by atoms with Gasteiger partial charge in [0.2, 0.25) is 10.0 Å². The van der Waals surface area contributed by atoms with Crippen molar-refractivity contribution < 1.29 is 17.6 Å². The molecule has 0 spiro atoms.